The van der Waals surface area contributed by atoms with Crippen LogP contribution in [0.25, 0.3) is 0 Å². The highest BCUT2D eigenvalue weighted by Crippen LogP contribution is 2.29. The maximum Gasteiger partial charge on any atom is 0.193 e. The highest BCUT2D eigenvalue weighted by Gasteiger charge is 2.22. The maximum atomic E-state index is 12.3. The topological polar surface area (TPSA) is 37.3 Å². The van der Waals surface area contributed by atoms with Gasteiger partial charge < -0.3 is 4.55 Å². The number of hydrogen-bond acceptors (Lipinski definition) is 3. The van der Waals surface area contributed by atoms with Gasteiger partial charge in [-0.15, -0.1) is 0 Å². The van der Waals surface area contributed by atoms with E-state index in [0.717, 1.165) is 23.1 Å². The molecular formula is C14H10O2S. The lowest BCUT2D eigenvalue weighted by atomic mass is 9.85. The Bertz CT molecular complexity index is 605. The third-order valence-electron chi connectivity index (χ3n) is 3.07. The first-order valence-corrected chi connectivity index (χ1v) is 6.14. The zero-order valence-electron chi connectivity index (χ0n) is 9.01. The van der Waals surface area contributed by atoms with Gasteiger partial charge in [0.05, 0.1) is 0 Å². The fourth-order valence-electron chi connectivity index (χ4n) is 2.22. The Hall–Kier alpha value is -1.58. The fraction of sp³-hybridized carbons (Fsp3) is 0.0714. The standard InChI is InChI=1S/C14H10O2S/c15-14-12-4-2-1-3-9(12)7-10-5-6-11(17-16)8-13(10)14/h1-6,8,16H,7H2. The summed E-state index contributed by atoms with van der Waals surface area (Å²) in [5.74, 6) is 0.0535. The molecule has 0 fully saturated rings. The van der Waals surface area contributed by atoms with Crippen molar-refractivity contribution >= 4 is 17.8 Å². The van der Waals surface area contributed by atoms with E-state index >= 15 is 0 Å². The summed E-state index contributed by atoms with van der Waals surface area (Å²) < 4.78 is 9.03. The monoisotopic (exact) mass is 242 g/mol. The molecule has 2 aromatic carbocycles. The van der Waals surface area contributed by atoms with Crippen molar-refractivity contribution < 1.29 is 9.35 Å². The smallest absolute Gasteiger partial charge is 0.193 e. The molecule has 1 aliphatic carbocycles. The summed E-state index contributed by atoms with van der Waals surface area (Å²) in [7, 11) is 0. The van der Waals surface area contributed by atoms with Crippen molar-refractivity contribution in [1.82, 2.24) is 0 Å². The Morgan fingerprint density at radius 1 is 1.00 bits per heavy atom. The van der Waals surface area contributed by atoms with Crippen molar-refractivity contribution in [3.8, 4) is 0 Å². The van der Waals surface area contributed by atoms with Crippen LogP contribution in [0.4, 0.5) is 0 Å². The molecule has 2 nitrogen and oxygen atoms in total. The number of ketones is 1. The molecule has 3 rings (SSSR count). The summed E-state index contributed by atoms with van der Waals surface area (Å²) >= 11 is 0.673. The molecular weight excluding hydrogens is 232 g/mol. The SMILES string of the molecule is O=C1c2ccccc2Cc2ccc(SO)cc21. The number of carbonyl (C=O) groups excluding carboxylic acids is 1. The molecule has 2 aromatic rings. The first kappa shape index (κ1) is 10.6. The summed E-state index contributed by atoms with van der Waals surface area (Å²) in [5, 5.41) is 0. The van der Waals surface area contributed by atoms with Crippen LogP contribution < -0.4 is 0 Å². The Kier molecular flexibility index (Phi) is 2.50. The second-order valence-corrected chi connectivity index (χ2v) is 4.73. The molecule has 1 N–H and O–H groups in total. The van der Waals surface area contributed by atoms with Gasteiger partial charge in [-0.3, -0.25) is 4.79 Å². The molecule has 0 saturated carbocycles. The first-order chi connectivity index (χ1) is 8.29. The van der Waals surface area contributed by atoms with E-state index in [1.54, 1.807) is 6.07 Å². The number of hydrogen-bond donors (Lipinski definition) is 1. The quantitative estimate of drug-likeness (QED) is 0.665. The zero-order chi connectivity index (χ0) is 11.8. The highest BCUT2D eigenvalue weighted by molar-refractivity contribution is 7.93. The van der Waals surface area contributed by atoms with Gasteiger partial charge in [-0.25, -0.2) is 0 Å². The number of benzene rings is 2. The van der Waals surface area contributed by atoms with Crippen molar-refractivity contribution in [2.75, 3.05) is 0 Å². The minimum absolute atomic E-state index is 0.0535. The third-order valence-corrected chi connectivity index (χ3v) is 3.54. The van der Waals surface area contributed by atoms with Crippen LogP contribution in [0.5, 0.6) is 0 Å². The van der Waals surface area contributed by atoms with Crippen molar-refractivity contribution in [3.63, 3.8) is 0 Å². The van der Waals surface area contributed by atoms with E-state index in [4.69, 9.17) is 4.55 Å². The summed E-state index contributed by atoms with van der Waals surface area (Å²) in [6.07, 6.45) is 0.785. The second kappa shape index (κ2) is 4.02. The summed E-state index contributed by atoms with van der Waals surface area (Å²) in [4.78, 5) is 13.0. The average molecular weight is 242 g/mol. The van der Waals surface area contributed by atoms with Crippen molar-refractivity contribution in [1.29, 1.82) is 0 Å². The first-order valence-electron chi connectivity index (χ1n) is 5.36. The molecule has 0 saturated heterocycles. The largest absolute Gasteiger partial charge is 0.325 e. The van der Waals surface area contributed by atoms with Crippen LogP contribution >= 0.6 is 12.0 Å². The van der Waals surface area contributed by atoms with E-state index in [-0.39, 0.29) is 5.78 Å². The van der Waals surface area contributed by atoms with Gasteiger partial charge in [0, 0.05) is 28.1 Å². The van der Waals surface area contributed by atoms with Gasteiger partial charge in [0.1, 0.15) is 0 Å². The number of carbonyl (C=O) groups is 1. The average Bonchev–Trinajstić information content (AvgIpc) is 2.39. The molecule has 3 heteroatoms. The van der Waals surface area contributed by atoms with Crippen LogP contribution in [0.1, 0.15) is 27.0 Å². The van der Waals surface area contributed by atoms with E-state index in [0.29, 0.717) is 22.5 Å². The number of rotatable bonds is 1. The number of fused-ring (bicyclic) bond motifs is 2. The van der Waals surface area contributed by atoms with Gasteiger partial charge in [0.15, 0.2) is 5.78 Å². The normalized spacial score (nSPS) is 13.1. The van der Waals surface area contributed by atoms with Crippen LogP contribution in [0, 0.1) is 0 Å². The summed E-state index contributed by atoms with van der Waals surface area (Å²) in [5.41, 5.74) is 3.60. The minimum Gasteiger partial charge on any atom is -0.325 e. The van der Waals surface area contributed by atoms with Crippen LogP contribution in [-0.2, 0) is 6.42 Å². The molecule has 0 radical (unpaired) electrons. The Morgan fingerprint density at radius 2 is 1.76 bits per heavy atom. The second-order valence-electron chi connectivity index (χ2n) is 4.07. The van der Waals surface area contributed by atoms with Gasteiger partial charge in [-0.2, -0.15) is 0 Å². The predicted octanol–water partition coefficient (Wildman–Crippen LogP) is 3.39. The van der Waals surface area contributed by atoms with E-state index < -0.39 is 0 Å². The van der Waals surface area contributed by atoms with Gasteiger partial charge in [0.25, 0.3) is 0 Å². The Morgan fingerprint density at radius 3 is 2.59 bits per heavy atom. The van der Waals surface area contributed by atoms with E-state index in [2.05, 4.69) is 0 Å². The minimum atomic E-state index is 0.0535. The predicted molar refractivity (Wildman–Crippen MR) is 67.6 cm³/mol. The highest BCUT2D eigenvalue weighted by atomic mass is 32.2. The Balaban J connectivity index is 2.17. The van der Waals surface area contributed by atoms with E-state index in [1.165, 1.54) is 0 Å². The van der Waals surface area contributed by atoms with Gasteiger partial charge in [-0.1, -0.05) is 30.3 Å². The van der Waals surface area contributed by atoms with Crippen molar-refractivity contribution in [2.45, 2.75) is 11.3 Å². The third kappa shape index (κ3) is 1.68. The molecule has 0 heterocycles. The van der Waals surface area contributed by atoms with Gasteiger partial charge in [0.2, 0.25) is 0 Å². The molecule has 0 aromatic heterocycles. The van der Waals surface area contributed by atoms with Crippen molar-refractivity contribution in [3.05, 3.63) is 64.7 Å². The van der Waals surface area contributed by atoms with Crippen LogP contribution in [0.15, 0.2) is 47.4 Å². The fourth-order valence-corrected chi connectivity index (χ4v) is 2.52. The molecule has 0 atom stereocenters. The molecule has 0 bridgehead atoms. The lowest BCUT2D eigenvalue weighted by molar-refractivity contribution is 0.103. The lowest BCUT2D eigenvalue weighted by Crippen LogP contribution is -2.14. The molecule has 0 spiro atoms. The van der Waals surface area contributed by atoms with E-state index in [1.807, 2.05) is 36.4 Å². The lowest BCUT2D eigenvalue weighted by Gasteiger charge is -2.18. The summed E-state index contributed by atoms with van der Waals surface area (Å²) in [6.45, 7) is 0. The van der Waals surface area contributed by atoms with Crippen molar-refractivity contribution in [2.24, 2.45) is 0 Å². The molecule has 0 unspecified atom stereocenters. The van der Waals surface area contributed by atoms with E-state index in [9.17, 15) is 4.79 Å². The molecule has 17 heavy (non-hydrogen) atoms. The molecule has 1 aliphatic rings. The van der Waals surface area contributed by atoms with Crippen LogP contribution in [0.3, 0.4) is 0 Å². The van der Waals surface area contributed by atoms with Gasteiger partial charge >= 0.3 is 0 Å². The van der Waals surface area contributed by atoms with Crippen LogP contribution in [-0.4, -0.2) is 10.3 Å². The summed E-state index contributed by atoms with van der Waals surface area (Å²) in [6, 6.07) is 13.2. The molecule has 0 aliphatic heterocycles. The molecule has 0 amide bonds. The maximum absolute atomic E-state index is 12.3. The Labute approximate surface area is 104 Å². The molecule has 84 valence electrons. The zero-order valence-corrected chi connectivity index (χ0v) is 9.83. The van der Waals surface area contributed by atoms with Gasteiger partial charge in [-0.05, 0) is 29.7 Å². The van der Waals surface area contributed by atoms with Crippen LogP contribution in [0.2, 0.25) is 0 Å².